The summed E-state index contributed by atoms with van der Waals surface area (Å²) < 4.78 is 1.85. The molecule has 2 aromatic heterocycles. The lowest BCUT2D eigenvalue weighted by Gasteiger charge is -2.21. The van der Waals surface area contributed by atoms with Crippen molar-refractivity contribution in [1.82, 2.24) is 30.7 Å². The maximum absolute atomic E-state index is 12.6. The first-order valence-electron chi connectivity index (χ1n) is 8.62. The minimum absolute atomic E-state index is 0.0441. The lowest BCUT2D eigenvalue weighted by atomic mass is 10.1. The largest absolute Gasteiger partial charge is 0.349 e. The van der Waals surface area contributed by atoms with E-state index >= 15 is 0 Å². The number of amides is 3. The van der Waals surface area contributed by atoms with Crippen molar-refractivity contribution in [2.45, 2.75) is 58.3 Å². The van der Waals surface area contributed by atoms with Crippen LogP contribution in [-0.2, 0) is 24.3 Å². The number of fused-ring (bicyclic) bond motifs is 1. The van der Waals surface area contributed by atoms with Crippen LogP contribution in [0.5, 0.6) is 0 Å². The third-order valence-electron chi connectivity index (χ3n) is 4.01. The quantitative estimate of drug-likeness (QED) is 0.740. The number of thiophene rings is 1. The molecule has 3 heterocycles. The molecule has 1 atom stereocenters. The molecular formula is C17H24N6O2S. The summed E-state index contributed by atoms with van der Waals surface area (Å²) in [6.45, 7) is 6.48. The SMILES string of the molecule is CC(C)(C)NC(=O)NCc1nnc2n1C(C(=O)NCc1cccs1)CC2. The fourth-order valence-electron chi connectivity index (χ4n) is 2.90. The smallest absolute Gasteiger partial charge is 0.315 e. The Hall–Kier alpha value is -2.42. The first-order valence-corrected chi connectivity index (χ1v) is 9.50. The Morgan fingerprint density at radius 1 is 1.27 bits per heavy atom. The zero-order valence-electron chi connectivity index (χ0n) is 15.2. The van der Waals surface area contributed by atoms with Crippen LogP contribution in [0.4, 0.5) is 4.79 Å². The van der Waals surface area contributed by atoms with Gasteiger partial charge in [0.2, 0.25) is 5.91 Å². The van der Waals surface area contributed by atoms with Gasteiger partial charge in [-0.2, -0.15) is 0 Å². The summed E-state index contributed by atoms with van der Waals surface area (Å²) in [6.07, 6.45) is 1.40. The first-order chi connectivity index (χ1) is 12.3. The van der Waals surface area contributed by atoms with E-state index in [-0.39, 0.29) is 30.1 Å². The number of urea groups is 1. The van der Waals surface area contributed by atoms with E-state index in [0.29, 0.717) is 25.2 Å². The van der Waals surface area contributed by atoms with Crippen LogP contribution < -0.4 is 16.0 Å². The van der Waals surface area contributed by atoms with E-state index in [1.807, 2.05) is 42.9 Å². The van der Waals surface area contributed by atoms with Crippen LogP contribution in [0.3, 0.4) is 0 Å². The van der Waals surface area contributed by atoms with Gasteiger partial charge in [-0.1, -0.05) is 6.07 Å². The molecule has 0 aromatic carbocycles. The number of hydrogen-bond acceptors (Lipinski definition) is 5. The Labute approximate surface area is 156 Å². The van der Waals surface area contributed by atoms with Crippen molar-refractivity contribution < 1.29 is 9.59 Å². The van der Waals surface area contributed by atoms with Crippen LogP contribution in [0.25, 0.3) is 0 Å². The number of hydrogen-bond donors (Lipinski definition) is 3. The van der Waals surface area contributed by atoms with Crippen LogP contribution in [-0.4, -0.2) is 32.2 Å². The minimum atomic E-state index is -0.331. The topological polar surface area (TPSA) is 101 Å². The summed E-state index contributed by atoms with van der Waals surface area (Å²) in [5, 5.41) is 18.9. The zero-order valence-corrected chi connectivity index (χ0v) is 16.0. The first kappa shape index (κ1) is 18.4. The van der Waals surface area contributed by atoms with Crippen LogP contribution in [0, 0.1) is 0 Å². The van der Waals surface area contributed by atoms with E-state index in [9.17, 15) is 9.59 Å². The maximum Gasteiger partial charge on any atom is 0.315 e. The molecule has 2 aromatic rings. The second-order valence-electron chi connectivity index (χ2n) is 7.31. The van der Waals surface area contributed by atoms with E-state index in [0.717, 1.165) is 10.7 Å². The van der Waals surface area contributed by atoms with Gasteiger partial charge >= 0.3 is 6.03 Å². The van der Waals surface area contributed by atoms with E-state index in [4.69, 9.17) is 0 Å². The summed E-state index contributed by atoms with van der Waals surface area (Å²) >= 11 is 1.61. The number of carbonyl (C=O) groups is 2. The molecule has 0 spiro atoms. The number of carbonyl (C=O) groups excluding carboxylic acids is 2. The average molecular weight is 376 g/mol. The Kier molecular flexibility index (Phi) is 5.26. The molecule has 1 aliphatic rings. The highest BCUT2D eigenvalue weighted by Gasteiger charge is 2.32. The fourth-order valence-corrected chi connectivity index (χ4v) is 3.55. The third kappa shape index (κ3) is 4.40. The van der Waals surface area contributed by atoms with Crippen molar-refractivity contribution >= 4 is 23.3 Å². The lowest BCUT2D eigenvalue weighted by Crippen LogP contribution is -2.46. The van der Waals surface area contributed by atoms with Crippen LogP contribution in [0.15, 0.2) is 17.5 Å². The lowest BCUT2D eigenvalue weighted by molar-refractivity contribution is -0.124. The van der Waals surface area contributed by atoms with Gasteiger partial charge in [0.15, 0.2) is 5.82 Å². The molecule has 3 N–H and O–H groups in total. The molecule has 0 aliphatic carbocycles. The van der Waals surface area contributed by atoms with Gasteiger partial charge in [-0.05, 0) is 38.6 Å². The van der Waals surface area contributed by atoms with Crippen LogP contribution >= 0.6 is 11.3 Å². The average Bonchev–Trinajstić information content (AvgIpc) is 3.26. The molecule has 0 bridgehead atoms. The van der Waals surface area contributed by atoms with Crippen molar-refractivity contribution in [1.29, 1.82) is 0 Å². The molecule has 0 radical (unpaired) electrons. The molecule has 9 heteroatoms. The number of rotatable bonds is 5. The Morgan fingerprint density at radius 2 is 2.08 bits per heavy atom. The van der Waals surface area contributed by atoms with Crippen molar-refractivity contribution in [2.75, 3.05) is 0 Å². The second kappa shape index (κ2) is 7.45. The second-order valence-corrected chi connectivity index (χ2v) is 8.34. The normalized spacial score (nSPS) is 16.2. The Morgan fingerprint density at radius 3 is 2.77 bits per heavy atom. The molecule has 0 saturated carbocycles. The molecule has 1 aliphatic heterocycles. The predicted octanol–water partition coefficient (Wildman–Crippen LogP) is 1.74. The van der Waals surface area contributed by atoms with Gasteiger partial charge in [-0.3, -0.25) is 4.79 Å². The van der Waals surface area contributed by atoms with E-state index in [1.165, 1.54) is 0 Å². The van der Waals surface area contributed by atoms with Gasteiger partial charge in [0.25, 0.3) is 0 Å². The van der Waals surface area contributed by atoms with Crippen molar-refractivity contribution in [3.63, 3.8) is 0 Å². The molecule has 0 fully saturated rings. The van der Waals surface area contributed by atoms with Gasteiger partial charge in [-0.25, -0.2) is 4.79 Å². The van der Waals surface area contributed by atoms with Gasteiger partial charge in [0.1, 0.15) is 11.9 Å². The maximum atomic E-state index is 12.6. The van der Waals surface area contributed by atoms with Gasteiger partial charge in [0, 0.05) is 16.8 Å². The third-order valence-corrected chi connectivity index (χ3v) is 4.88. The van der Waals surface area contributed by atoms with E-state index < -0.39 is 0 Å². The molecule has 140 valence electrons. The molecule has 3 amide bonds. The number of aromatic nitrogens is 3. The molecule has 1 unspecified atom stereocenters. The molecule has 26 heavy (non-hydrogen) atoms. The van der Waals surface area contributed by atoms with Crippen LogP contribution in [0.1, 0.15) is 49.8 Å². The Balaban J connectivity index is 1.61. The number of aryl methyl sites for hydroxylation is 1. The summed E-state index contributed by atoms with van der Waals surface area (Å²) in [5.41, 5.74) is -0.318. The summed E-state index contributed by atoms with van der Waals surface area (Å²) in [4.78, 5) is 25.7. The van der Waals surface area contributed by atoms with Crippen molar-refractivity contribution in [3.8, 4) is 0 Å². The summed E-state index contributed by atoms with van der Waals surface area (Å²) in [5.74, 6) is 1.34. The van der Waals surface area contributed by atoms with Gasteiger partial charge < -0.3 is 20.5 Å². The monoisotopic (exact) mass is 376 g/mol. The molecule has 3 rings (SSSR count). The molecule has 0 saturated heterocycles. The standard InChI is InChI=1S/C17H24N6O2S/c1-17(2,3)20-16(25)19-10-14-22-21-13-7-6-12(23(13)14)15(24)18-9-11-5-4-8-26-11/h4-5,8,12H,6-7,9-10H2,1-3H3,(H,18,24)(H2,19,20,25). The van der Waals surface area contributed by atoms with E-state index in [1.54, 1.807) is 11.3 Å². The number of nitrogens with one attached hydrogen (secondary N) is 3. The van der Waals surface area contributed by atoms with E-state index in [2.05, 4.69) is 26.1 Å². The highest BCUT2D eigenvalue weighted by molar-refractivity contribution is 7.09. The highest BCUT2D eigenvalue weighted by atomic mass is 32.1. The van der Waals surface area contributed by atoms with Gasteiger partial charge in [0.05, 0.1) is 13.1 Å². The minimum Gasteiger partial charge on any atom is -0.349 e. The molecule has 8 nitrogen and oxygen atoms in total. The fraction of sp³-hybridized carbons (Fsp3) is 0.529. The van der Waals surface area contributed by atoms with Crippen molar-refractivity contribution in [2.24, 2.45) is 0 Å². The van der Waals surface area contributed by atoms with Gasteiger partial charge in [-0.15, -0.1) is 21.5 Å². The predicted molar refractivity (Wildman–Crippen MR) is 98.7 cm³/mol. The van der Waals surface area contributed by atoms with Crippen molar-refractivity contribution in [3.05, 3.63) is 34.0 Å². The summed E-state index contributed by atoms with van der Waals surface area (Å²) in [6, 6.07) is 3.35. The highest BCUT2D eigenvalue weighted by Crippen LogP contribution is 2.26. The summed E-state index contributed by atoms with van der Waals surface area (Å²) in [7, 11) is 0. The molecular weight excluding hydrogens is 352 g/mol. The zero-order chi connectivity index (χ0) is 18.7. The van der Waals surface area contributed by atoms with Crippen LogP contribution in [0.2, 0.25) is 0 Å². The number of nitrogens with zero attached hydrogens (tertiary/aromatic N) is 3. The Bertz CT molecular complexity index is 778.